The molecule has 0 saturated heterocycles. The highest BCUT2D eigenvalue weighted by atomic mass is 19.1. The molecule has 3 nitrogen and oxygen atoms in total. The van der Waals surface area contributed by atoms with E-state index in [4.69, 9.17) is 0 Å². The number of para-hydroxylation sites is 1. The van der Waals surface area contributed by atoms with Crippen molar-refractivity contribution in [2.75, 3.05) is 5.32 Å². The van der Waals surface area contributed by atoms with Gasteiger partial charge in [-0.25, -0.2) is 8.78 Å². The van der Waals surface area contributed by atoms with Crippen molar-refractivity contribution in [1.82, 2.24) is 0 Å². The highest BCUT2D eigenvalue weighted by molar-refractivity contribution is 6.07. The lowest BCUT2D eigenvalue weighted by Crippen LogP contribution is -2.35. The maximum absolute atomic E-state index is 13.3. The van der Waals surface area contributed by atoms with Crippen LogP contribution in [0.2, 0.25) is 0 Å². The molecule has 3 rings (SSSR count). The molecule has 0 radical (unpaired) electrons. The lowest BCUT2D eigenvalue weighted by atomic mass is 9.87. The van der Waals surface area contributed by atoms with E-state index in [-0.39, 0.29) is 11.1 Å². The molecule has 2 N–H and O–H groups in total. The van der Waals surface area contributed by atoms with E-state index in [1.54, 1.807) is 18.2 Å². The predicted molar refractivity (Wildman–Crippen MR) is 64.4 cm³/mol. The first-order valence-corrected chi connectivity index (χ1v) is 5.62. The molecule has 0 aromatic heterocycles. The Hall–Kier alpha value is -2.27. The monoisotopic (exact) mass is 261 g/mol. The van der Waals surface area contributed by atoms with Crippen molar-refractivity contribution in [1.29, 1.82) is 0 Å². The smallest absolute Gasteiger partial charge is 0.265 e. The van der Waals surface area contributed by atoms with Crippen LogP contribution in [0.15, 0.2) is 42.5 Å². The van der Waals surface area contributed by atoms with Gasteiger partial charge in [0.05, 0.1) is 0 Å². The third-order valence-electron chi connectivity index (χ3n) is 3.17. The first kappa shape index (κ1) is 11.8. The maximum atomic E-state index is 13.3. The molecule has 2 aromatic rings. The molecule has 1 amide bonds. The molecule has 0 spiro atoms. The summed E-state index contributed by atoms with van der Waals surface area (Å²) in [7, 11) is 0. The number of halogens is 2. The van der Waals surface area contributed by atoms with Crippen molar-refractivity contribution >= 4 is 11.6 Å². The Bertz CT molecular complexity index is 667. The normalized spacial score (nSPS) is 21.1. The second kappa shape index (κ2) is 3.86. The summed E-state index contributed by atoms with van der Waals surface area (Å²) in [6.45, 7) is 0. The molecule has 5 heteroatoms. The summed E-state index contributed by atoms with van der Waals surface area (Å²) in [5.41, 5.74) is -1.49. The fourth-order valence-electron chi connectivity index (χ4n) is 2.29. The van der Waals surface area contributed by atoms with Gasteiger partial charge in [-0.05, 0) is 18.2 Å². The number of hydrogen-bond donors (Lipinski definition) is 2. The van der Waals surface area contributed by atoms with Gasteiger partial charge in [-0.15, -0.1) is 0 Å². The number of fused-ring (bicyclic) bond motifs is 1. The zero-order valence-electron chi connectivity index (χ0n) is 9.65. The van der Waals surface area contributed by atoms with Crippen LogP contribution in [-0.2, 0) is 10.4 Å². The van der Waals surface area contributed by atoms with Gasteiger partial charge in [0.25, 0.3) is 5.91 Å². The van der Waals surface area contributed by atoms with E-state index in [0.29, 0.717) is 11.8 Å². The van der Waals surface area contributed by atoms with Crippen LogP contribution in [0.1, 0.15) is 11.1 Å². The van der Waals surface area contributed by atoms with Crippen molar-refractivity contribution < 1.29 is 18.7 Å². The number of carbonyl (C=O) groups is 1. The van der Waals surface area contributed by atoms with Crippen molar-refractivity contribution in [2.45, 2.75) is 5.60 Å². The molecule has 0 fully saturated rings. The second-order valence-corrected chi connectivity index (χ2v) is 4.37. The molecule has 1 aliphatic heterocycles. The maximum Gasteiger partial charge on any atom is 0.265 e. The fraction of sp³-hybridized carbons (Fsp3) is 0.0714. The van der Waals surface area contributed by atoms with Gasteiger partial charge < -0.3 is 10.4 Å². The van der Waals surface area contributed by atoms with Crippen LogP contribution in [0.3, 0.4) is 0 Å². The van der Waals surface area contributed by atoms with Crippen LogP contribution in [0, 0.1) is 11.6 Å². The van der Waals surface area contributed by atoms with E-state index >= 15 is 0 Å². The fourth-order valence-corrected chi connectivity index (χ4v) is 2.29. The molecule has 1 unspecified atom stereocenters. The van der Waals surface area contributed by atoms with E-state index < -0.39 is 23.1 Å². The third-order valence-corrected chi connectivity index (χ3v) is 3.17. The van der Waals surface area contributed by atoms with E-state index in [1.165, 1.54) is 6.07 Å². The van der Waals surface area contributed by atoms with Gasteiger partial charge in [-0.3, -0.25) is 4.79 Å². The molecule has 19 heavy (non-hydrogen) atoms. The van der Waals surface area contributed by atoms with E-state index in [1.807, 2.05) is 0 Å². The quantitative estimate of drug-likeness (QED) is 0.826. The van der Waals surface area contributed by atoms with Crippen LogP contribution in [0.5, 0.6) is 0 Å². The van der Waals surface area contributed by atoms with Crippen molar-refractivity contribution in [2.24, 2.45) is 0 Å². The summed E-state index contributed by atoms with van der Waals surface area (Å²) in [5.74, 6) is -2.42. The molecular weight excluding hydrogens is 252 g/mol. The van der Waals surface area contributed by atoms with Crippen LogP contribution < -0.4 is 5.32 Å². The summed E-state index contributed by atoms with van der Waals surface area (Å²) >= 11 is 0. The first-order chi connectivity index (χ1) is 9.01. The van der Waals surface area contributed by atoms with E-state index in [0.717, 1.165) is 12.1 Å². The standard InChI is InChI=1S/C14H9F2NO2/c15-9-5-8(6-10(16)7-9)14(19)11-3-1-2-4-12(11)17-13(14)18/h1-7,19H,(H,17,18). The van der Waals surface area contributed by atoms with Gasteiger partial charge in [-0.1, -0.05) is 18.2 Å². The SMILES string of the molecule is O=C1Nc2ccccc2C1(O)c1cc(F)cc(F)c1. The molecule has 0 saturated carbocycles. The number of anilines is 1. The molecule has 1 aliphatic rings. The summed E-state index contributed by atoms with van der Waals surface area (Å²) in [6.07, 6.45) is 0. The van der Waals surface area contributed by atoms with E-state index in [9.17, 15) is 18.7 Å². The molecule has 0 aliphatic carbocycles. The molecule has 2 aromatic carbocycles. The van der Waals surface area contributed by atoms with Crippen LogP contribution in [0.4, 0.5) is 14.5 Å². The number of carbonyl (C=O) groups excluding carboxylic acids is 1. The first-order valence-electron chi connectivity index (χ1n) is 5.62. The number of aliphatic hydroxyl groups is 1. The number of nitrogens with one attached hydrogen (secondary N) is 1. The lowest BCUT2D eigenvalue weighted by Gasteiger charge is -2.21. The number of hydrogen-bond acceptors (Lipinski definition) is 2. The van der Waals surface area contributed by atoms with Gasteiger partial charge in [-0.2, -0.15) is 0 Å². The van der Waals surface area contributed by atoms with Crippen molar-refractivity contribution in [3.05, 3.63) is 65.2 Å². The summed E-state index contributed by atoms with van der Waals surface area (Å²) in [4.78, 5) is 12.0. The van der Waals surface area contributed by atoms with Crippen LogP contribution >= 0.6 is 0 Å². The number of amides is 1. The van der Waals surface area contributed by atoms with Crippen LogP contribution in [-0.4, -0.2) is 11.0 Å². The lowest BCUT2D eigenvalue weighted by molar-refractivity contribution is -0.129. The topological polar surface area (TPSA) is 49.3 Å². The van der Waals surface area contributed by atoms with Crippen LogP contribution in [0.25, 0.3) is 0 Å². The Morgan fingerprint density at radius 2 is 1.68 bits per heavy atom. The summed E-state index contributed by atoms with van der Waals surface area (Å²) in [5, 5.41) is 13.1. The Morgan fingerprint density at radius 1 is 1.05 bits per heavy atom. The largest absolute Gasteiger partial charge is 0.372 e. The zero-order valence-corrected chi connectivity index (χ0v) is 9.65. The minimum Gasteiger partial charge on any atom is -0.372 e. The molecule has 1 heterocycles. The Morgan fingerprint density at radius 3 is 2.37 bits per heavy atom. The summed E-state index contributed by atoms with van der Waals surface area (Å²) < 4.78 is 26.5. The minimum atomic E-state index is -2.07. The highest BCUT2D eigenvalue weighted by Crippen LogP contribution is 2.40. The Balaban J connectivity index is 2.25. The zero-order chi connectivity index (χ0) is 13.6. The molecule has 96 valence electrons. The Labute approximate surface area is 107 Å². The van der Waals surface area contributed by atoms with E-state index in [2.05, 4.69) is 5.32 Å². The second-order valence-electron chi connectivity index (χ2n) is 4.37. The van der Waals surface area contributed by atoms with Gasteiger partial charge in [0, 0.05) is 22.9 Å². The molecule has 1 atom stereocenters. The van der Waals surface area contributed by atoms with Gasteiger partial charge >= 0.3 is 0 Å². The Kier molecular flexibility index (Phi) is 2.40. The van der Waals surface area contributed by atoms with Crippen molar-refractivity contribution in [3.63, 3.8) is 0 Å². The predicted octanol–water partition coefficient (Wildman–Crippen LogP) is 2.15. The highest BCUT2D eigenvalue weighted by Gasteiger charge is 2.47. The van der Waals surface area contributed by atoms with Crippen molar-refractivity contribution in [3.8, 4) is 0 Å². The number of rotatable bonds is 1. The average molecular weight is 261 g/mol. The van der Waals surface area contributed by atoms with Gasteiger partial charge in [0.1, 0.15) is 11.6 Å². The van der Waals surface area contributed by atoms with Gasteiger partial charge in [0.2, 0.25) is 0 Å². The molecule has 0 bridgehead atoms. The van der Waals surface area contributed by atoms with Gasteiger partial charge in [0.15, 0.2) is 5.60 Å². The minimum absolute atomic E-state index is 0.132. The average Bonchev–Trinajstić information content (AvgIpc) is 2.62. The third kappa shape index (κ3) is 1.62. The number of benzene rings is 2. The molecular formula is C14H9F2NO2. The summed E-state index contributed by atoms with van der Waals surface area (Å²) in [6, 6.07) is 9.06.